The summed E-state index contributed by atoms with van der Waals surface area (Å²) in [5.41, 5.74) is 3.78. The lowest BCUT2D eigenvalue weighted by molar-refractivity contribution is -0.132. The number of pyridine rings is 1. The summed E-state index contributed by atoms with van der Waals surface area (Å²) in [7, 11) is 0. The van der Waals surface area contributed by atoms with E-state index in [0.717, 1.165) is 0 Å². The van der Waals surface area contributed by atoms with Crippen molar-refractivity contribution >= 4 is 45.0 Å². The highest BCUT2D eigenvalue weighted by Crippen LogP contribution is 2.23. The summed E-state index contributed by atoms with van der Waals surface area (Å²) >= 11 is 8.98. The van der Waals surface area contributed by atoms with E-state index in [-0.39, 0.29) is 10.3 Å². The maximum Gasteiger partial charge on any atom is 0.317 e. The van der Waals surface area contributed by atoms with Crippen LogP contribution in [0.4, 0.5) is 8.78 Å². The van der Waals surface area contributed by atoms with E-state index >= 15 is 0 Å². The van der Waals surface area contributed by atoms with E-state index in [2.05, 4.69) is 20.9 Å². The van der Waals surface area contributed by atoms with Gasteiger partial charge in [-0.2, -0.15) is 8.78 Å². The molecule has 2 rings (SSSR count). The number of halogens is 4. The Kier molecular flexibility index (Phi) is 4.19. The van der Waals surface area contributed by atoms with E-state index in [1.165, 1.54) is 10.6 Å². The van der Waals surface area contributed by atoms with Crippen LogP contribution in [0.3, 0.4) is 0 Å². The van der Waals surface area contributed by atoms with Gasteiger partial charge < -0.3 is 0 Å². The predicted molar refractivity (Wildman–Crippen MR) is 69.5 cm³/mol. The van der Waals surface area contributed by atoms with Crippen LogP contribution >= 0.6 is 27.5 Å². The lowest BCUT2D eigenvalue weighted by Crippen LogP contribution is -2.44. The predicted octanol–water partition coefficient (Wildman–Crippen LogP) is 1.78. The van der Waals surface area contributed by atoms with Crippen molar-refractivity contribution in [1.82, 2.24) is 20.2 Å². The van der Waals surface area contributed by atoms with Gasteiger partial charge >= 0.3 is 12.3 Å². The van der Waals surface area contributed by atoms with Crippen molar-refractivity contribution < 1.29 is 18.4 Å². The first kappa shape index (κ1) is 14.7. The molecule has 6 nitrogen and oxygen atoms in total. The number of alkyl halides is 2. The number of fused-ring (bicyclic) bond motifs is 1. The van der Waals surface area contributed by atoms with Crippen LogP contribution in [0.15, 0.2) is 22.9 Å². The average molecular weight is 368 g/mol. The van der Waals surface area contributed by atoms with Crippen molar-refractivity contribution in [2.24, 2.45) is 0 Å². The molecule has 2 heterocycles. The third-order valence-electron chi connectivity index (χ3n) is 2.27. The zero-order chi connectivity index (χ0) is 14.9. The minimum Gasteiger partial charge on any atom is -0.293 e. The largest absolute Gasteiger partial charge is 0.317 e. The molecule has 20 heavy (non-hydrogen) atoms. The molecule has 0 spiro atoms. The lowest BCUT2D eigenvalue weighted by Gasteiger charge is -2.06. The molecule has 0 radical (unpaired) electrons. The number of nitrogens with zero attached hydrogens (tertiary/aromatic N) is 2. The fraction of sp³-hybridized carbons (Fsp3) is 0.100. The second-order valence-electron chi connectivity index (χ2n) is 3.55. The van der Waals surface area contributed by atoms with Crippen LogP contribution in [0.1, 0.15) is 10.5 Å². The summed E-state index contributed by atoms with van der Waals surface area (Å²) in [6, 6.07) is 3.16. The first-order valence-electron chi connectivity index (χ1n) is 5.12. The van der Waals surface area contributed by atoms with Crippen molar-refractivity contribution in [3.05, 3.63) is 33.6 Å². The minimum atomic E-state index is -3.23. The minimum absolute atomic E-state index is 0.0112. The Hall–Kier alpha value is -1.74. The second kappa shape index (κ2) is 5.71. The van der Waals surface area contributed by atoms with Crippen molar-refractivity contribution in [2.45, 2.75) is 6.43 Å². The molecule has 0 saturated heterocycles. The van der Waals surface area contributed by atoms with Gasteiger partial charge in [0.1, 0.15) is 10.3 Å². The molecule has 2 aromatic rings. The number of carbonyl (C=O) groups excluding carboxylic acids is 2. The molecule has 0 fully saturated rings. The molecular formula is C10H6BrClF2N4O2. The molecule has 0 unspecified atom stereocenters. The Morgan fingerprint density at radius 1 is 1.40 bits per heavy atom. The molecule has 0 atom stereocenters. The van der Waals surface area contributed by atoms with Crippen LogP contribution in [0.2, 0.25) is 5.02 Å². The highest BCUT2D eigenvalue weighted by atomic mass is 79.9. The third kappa shape index (κ3) is 2.73. The van der Waals surface area contributed by atoms with Gasteiger partial charge in [-0.3, -0.25) is 24.8 Å². The number of amides is 2. The normalized spacial score (nSPS) is 10.8. The summed E-state index contributed by atoms with van der Waals surface area (Å²) in [6.45, 7) is 0. The summed E-state index contributed by atoms with van der Waals surface area (Å²) in [6.07, 6.45) is -1.71. The van der Waals surface area contributed by atoms with Crippen molar-refractivity contribution in [1.29, 1.82) is 0 Å². The highest BCUT2D eigenvalue weighted by Gasteiger charge is 2.21. The quantitative estimate of drug-likeness (QED) is 0.795. The molecule has 0 bridgehead atoms. The van der Waals surface area contributed by atoms with Crippen LogP contribution in [-0.4, -0.2) is 27.6 Å². The Balaban J connectivity index is 2.29. The van der Waals surface area contributed by atoms with E-state index in [0.29, 0.717) is 10.7 Å². The van der Waals surface area contributed by atoms with E-state index in [1.807, 2.05) is 5.43 Å². The topological polar surface area (TPSA) is 75.5 Å². The van der Waals surface area contributed by atoms with Crippen LogP contribution in [0.25, 0.3) is 5.65 Å². The standard InChI is InChI=1S/C10H6BrClF2N4O2/c11-6-5(9(19)16-17-10(20)7(13)14)18-3-1-2-4(12)8(18)15-6/h1-3,7H,(H,16,19)(H,17,20). The molecule has 2 amide bonds. The molecule has 0 aliphatic rings. The number of hydrogen-bond donors (Lipinski definition) is 2. The van der Waals surface area contributed by atoms with Gasteiger partial charge in [0.2, 0.25) is 0 Å². The maximum absolute atomic E-state index is 12.0. The number of carbonyl (C=O) groups is 2. The van der Waals surface area contributed by atoms with Crippen molar-refractivity contribution in [3.63, 3.8) is 0 Å². The molecular weight excluding hydrogens is 361 g/mol. The smallest absolute Gasteiger partial charge is 0.293 e. The molecule has 2 N–H and O–H groups in total. The molecule has 106 valence electrons. The van der Waals surface area contributed by atoms with Gasteiger partial charge in [0.25, 0.3) is 5.91 Å². The number of aromatic nitrogens is 2. The summed E-state index contributed by atoms with van der Waals surface area (Å²) in [4.78, 5) is 26.6. The fourth-order valence-corrected chi connectivity index (χ4v) is 2.19. The van der Waals surface area contributed by atoms with E-state index in [1.54, 1.807) is 17.6 Å². The zero-order valence-electron chi connectivity index (χ0n) is 9.53. The van der Waals surface area contributed by atoms with Gasteiger partial charge in [0, 0.05) is 6.20 Å². The maximum atomic E-state index is 12.0. The second-order valence-corrected chi connectivity index (χ2v) is 4.70. The number of nitrogens with one attached hydrogen (secondary N) is 2. The SMILES string of the molecule is O=C(NNC(=O)C(F)F)c1c(Br)nc2c(Cl)cccn12. The summed E-state index contributed by atoms with van der Waals surface area (Å²) in [5, 5.41) is 0.309. The van der Waals surface area contributed by atoms with Crippen LogP contribution in [-0.2, 0) is 4.79 Å². The molecule has 0 saturated carbocycles. The van der Waals surface area contributed by atoms with Crippen LogP contribution < -0.4 is 10.9 Å². The van der Waals surface area contributed by atoms with Gasteiger partial charge in [-0.05, 0) is 28.1 Å². The van der Waals surface area contributed by atoms with E-state index < -0.39 is 18.2 Å². The van der Waals surface area contributed by atoms with Gasteiger partial charge in [-0.25, -0.2) is 4.98 Å². The van der Waals surface area contributed by atoms with Gasteiger partial charge in [0.05, 0.1) is 5.02 Å². The Labute approximate surface area is 124 Å². The van der Waals surface area contributed by atoms with Crippen LogP contribution in [0, 0.1) is 0 Å². The monoisotopic (exact) mass is 366 g/mol. The first-order valence-corrected chi connectivity index (χ1v) is 6.29. The average Bonchev–Trinajstić information content (AvgIpc) is 2.73. The number of imidazole rings is 1. The lowest BCUT2D eigenvalue weighted by atomic mass is 10.4. The number of hydrazine groups is 1. The first-order chi connectivity index (χ1) is 9.41. The molecule has 0 aromatic carbocycles. The van der Waals surface area contributed by atoms with E-state index in [4.69, 9.17) is 11.6 Å². The zero-order valence-corrected chi connectivity index (χ0v) is 11.9. The molecule has 0 aliphatic carbocycles. The fourth-order valence-electron chi connectivity index (χ4n) is 1.44. The van der Waals surface area contributed by atoms with Gasteiger partial charge in [-0.1, -0.05) is 11.6 Å². The number of rotatable bonds is 2. The highest BCUT2D eigenvalue weighted by molar-refractivity contribution is 9.10. The Bertz CT molecular complexity index is 691. The molecule has 0 aliphatic heterocycles. The number of hydrogen-bond acceptors (Lipinski definition) is 3. The molecule has 2 aromatic heterocycles. The van der Waals surface area contributed by atoms with Gasteiger partial charge in [-0.15, -0.1) is 0 Å². The third-order valence-corrected chi connectivity index (χ3v) is 3.12. The van der Waals surface area contributed by atoms with Gasteiger partial charge in [0.15, 0.2) is 5.65 Å². The summed E-state index contributed by atoms with van der Waals surface area (Å²) < 4.78 is 25.5. The summed E-state index contributed by atoms with van der Waals surface area (Å²) in [5.74, 6) is -2.43. The van der Waals surface area contributed by atoms with Crippen molar-refractivity contribution in [3.8, 4) is 0 Å². The van der Waals surface area contributed by atoms with Crippen LogP contribution in [0.5, 0.6) is 0 Å². The van der Waals surface area contributed by atoms with E-state index in [9.17, 15) is 18.4 Å². The Morgan fingerprint density at radius 2 is 2.10 bits per heavy atom. The van der Waals surface area contributed by atoms with Crippen molar-refractivity contribution in [2.75, 3.05) is 0 Å². The Morgan fingerprint density at radius 3 is 2.75 bits per heavy atom. The molecule has 10 heteroatoms.